The van der Waals surface area contributed by atoms with Crippen LogP contribution in [0.2, 0.25) is 0 Å². The molecule has 2 rings (SSSR count). The molecule has 1 unspecified atom stereocenters. The summed E-state index contributed by atoms with van der Waals surface area (Å²) in [6.07, 6.45) is 2.43. The fraction of sp³-hybridized carbons (Fsp3) is 0.438. The monoisotopic (exact) mass is 291 g/mol. The van der Waals surface area contributed by atoms with Gasteiger partial charge in [-0.25, -0.2) is 4.39 Å². The summed E-state index contributed by atoms with van der Waals surface area (Å²) in [5, 5.41) is 11.5. The maximum absolute atomic E-state index is 13.3. The highest BCUT2D eigenvalue weighted by molar-refractivity contribution is 5.92. The molecule has 0 saturated carbocycles. The number of hydrogen-bond acceptors (Lipinski definition) is 3. The number of anilines is 1. The molecule has 0 aliphatic carbocycles. The Morgan fingerprint density at radius 3 is 3.10 bits per heavy atom. The van der Waals surface area contributed by atoms with Crippen molar-refractivity contribution in [3.8, 4) is 11.8 Å². The third kappa shape index (κ3) is 4.85. The molecule has 1 aliphatic rings. The van der Waals surface area contributed by atoms with Gasteiger partial charge in [0.2, 0.25) is 5.91 Å². The first-order chi connectivity index (χ1) is 10.2. The third-order valence-corrected chi connectivity index (χ3v) is 3.15. The highest BCUT2D eigenvalue weighted by Crippen LogP contribution is 2.19. The molecule has 5 heteroatoms. The lowest BCUT2D eigenvalue weighted by atomic mass is 10.1. The summed E-state index contributed by atoms with van der Waals surface area (Å²) in [6, 6.07) is 4.04. The molecule has 0 aromatic heterocycles. The molecule has 1 aromatic carbocycles. The van der Waals surface area contributed by atoms with Crippen LogP contribution in [0.3, 0.4) is 0 Å². The van der Waals surface area contributed by atoms with Crippen molar-refractivity contribution in [2.24, 2.45) is 0 Å². The van der Waals surface area contributed by atoms with Crippen LogP contribution in [0.15, 0.2) is 18.2 Å². The molecule has 1 saturated heterocycles. The Balaban J connectivity index is 2.04. The van der Waals surface area contributed by atoms with Crippen LogP contribution in [0.1, 0.15) is 31.2 Å². The highest BCUT2D eigenvalue weighted by atomic mass is 19.1. The van der Waals surface area contributed by atoms with Crippen molar-refractivity contribution in [3.05, 3.63) is 29.6 Å². The fourth-order valence-electron chi connectivity index (χ4n) is 2.16. The van der Waals surface area contributed by atoms with E-state index in [4.69, 9.17) is 9.84 Å². The van der Waals surface area contributed by atoms with E-state index in [1.54, 1.807) is 0 Å². The van der Waals surface area contributed by atoms with Crippen LogP contribution in [-0.4, -0.2) is 30.3 Å². The Bertz CT molecular complexity index is 556. The number of amides is 1. The first-order valence-electron chi connectivity index (χ1n) is 7.00. The van der Waals surface area contributed by atoms with E-state index in [1.807, 2.05) is 0 Å². The lowest BCUT2D eigenvalue weighted by molar-refractivity contribution is -0.118. The molecule has 1 atom stereocenters. The number of hydrogen-bond donors (Lipinski definition) is 2. The molecule has 1 amide bonds. The molecule has 1 heterocycles. The Hall–Kier alpha value is -1.90. The summed E-state index contributed by atoms with van der Waals surface area (Å²) < 4.78 is 18.7. The van der Waals surface area contributed by atoms with E-state index in [1.165, 1.54) is 18.2 Å². The van der Waals surface area contributed by atoms with E-state index in [9.17, 15) is 9.18 Å². The maximum Gasteiger partial charge on any atom is 0.227 e. The van der Waals surface area contributed by atoms with E-state index in [-0.39, 0.29) is 18.6 Å². The Morgan fingerprint density at radius 2 is 2.38 bits per heavy atom. The van der Waals surface area contributed by atoms with E-state index >= 15 is 0 Å². The van der Waals surface area contributed by atoms with Crippen molar-refractivity contribution in [2.75, 3.05) is 18.5 Å². The van der Waals surface area contributed by atoms with Crippen molar-refractivity contribution in [3.63, 3.8) is 0 Å². The summed E-state index contributed by atoms with van der Waals surface area (Å²) in [6.45, 7) is 0.648. The Kier molecular flexibility index (Phi) is 5.73. The van der Waals surface area contributed by atoms with Gasteiger partial charge < -0.3 is 15.2 Å². The number of carbonyl (C=O) groups is 1. The second-order valence-electron chi connectivity index (χ2n) is 4.85. The Labute approximate surface area is 123 Å². The average Bonchev–Trinajstić information content (AvgIpc) is 2.95. The number of aliphatic hydroxyl groups excluding tert-OH is 1. The van der Waals surface area contributed by atoms with Crippen LogP contribution < -0.4 is 5.32 Å². The quantitative estimate of drug-likeness (QED) is 0.835. The zero-order valence-electron chi connectivity index (χ0n) is 11.7. The lowest BCUT2D eigenvalue weighted by Crippen LogP contribution is -2.19. The molecule has 4 nitrogen and oxygen atoms in total. The number of aliphatic hydroxyl groups is 1. The molecule has 1 aliphatic heterocycles. The number of ether oxygens (including phenoxy) is 1. The molecule has 0 radical (unpaired) electrons. The Morgan fingerprint density at radius 1 is 1.52 bits per heavy atom. The molecule has 1 aromatic rings. The average molecular weight is 291 g/mol. The normalized spacial score (nSPS) is 17.1. The van der Waals surface area contributed by atoms with Crippen LogP contribution >= 0.6 is 0 Å². The van der Waals surface area contributed by atoms with Gasteiger partial charge in [0.15, 0.2) is 0 Å². The molecule has 0 bridgehead atoms. The zero-order valence-corrected chi connectivity index (χ0v) is 11.7. The summed E-state index contributed by atoms with van der Waals surface area (Å²) in [7, 11) is 0. The molecule has 2 N–H and O–H groups in total. The van der Waals surface area contributed by atoms with Crippen molar-refractivity contribution in [2.45, 2.75) is 31.8 Å². The summed E-state index contributed by atoms with van der Waals surface area (Å²) in [5.74, 6) is 4.90. The second-order valence-corrected chi connectivity index (χ2v) is 4.85. The number of rotatable bonds is 4. The predicted octanol–water partition coefficient (Wildman–Crippen LogP) is 2.07. The molecule has 21 heavy (non-hydrogen) atoms. The SMILES string of the molecule is O=C(CC1CCCO1)Nc1ccc(F)cc1C#CCCO. The van der Waals surface area contributed by atoms with Crippen molar-refractivity contribution in [1.29, 1.82) is 0 Å². The van der Waals surface area contributed by atoms with Crippen LogP contribution in [0.25, 0.3) is 0 Å². The first-order valence-corrected chi connectivity index (χ1v) is 7.00. The van der Waals surface area contributed by atoms with E-state index in [0.717, 1.165) is 12.8 Å². The largest absolute Gasteiger partial charge is 0.395 e. The van der Waals surface area contributed by atoms with Gasteiger partial charge in [-0.15, -0.1) is 0 Å². The molecular formula is C16H18FNO3. The van der Waals surface area contributed by atoms with Crippen molar-refractivity contribution < 1.29 is 19.0 Å². The van der Waals surface area contributed by atoms with Gasteiger partial charge in [0, 0.05) is 13.0 Å². The summed E-state index contributed by atoms with van der Waals surface area (Å²) >= 11 is 0. The molecular weight excluding hydrogens is 273 g/mol. The van der Waals surface area contributed by atoms with E-state index < -0.39 is 5.82 Å². The summed E-state index contributed by atoms with van der Waals surface area (Å²) in [4.78, 5) is 12.0. The molecule has 112 valence electrons. The molecule has 1 fully saturated rings. The summed E-state index contributed by atoms with van der Waals surface area (Å²) in [5.41, 5.74) is 0.883. The van der Waals surface area contributed by atoms with Gasteiger partial charge in [-0.3, -0.25) is 4.79 Å². The number of benzene rings is 1. The highest BCUT2D eigenvalue weighted by Gasteiger charge is 2.19. The van der Waals surface area contributed by atoms with E-state index in [2.05, 4.69) is 17.2 Å². The topological polar surface area (TPSA) is 58.6 Å². The molecule has 0 spiro atoms. The van der Waals surface area contributed by atoms with Crippen LogP contribution in [-0.2, 0) is 9.53 Å². The number of carbonyl (C=O) groups excluding carboxylic acids is 1. The zero-order chi connectivity index (χ0) is 15.1. The predicted molar refractivity (Wildman–Crippen MR) is 77.2 cm³/mol. The van der Waals surface area contributed by atoms with E-state index in [0.29, 0.717) is 30.7 Å². The second kappa shape index (κ2) is 7.77. The number of nitrogens with one attached hydrogen (secondary N) is 1. The van der Waals surface area contributed by atoms with Gasteiger partial charge in [-0.05, 0) is 31.0 Å². The smallest absolute Gasteiger partial charge is 0.227 e. The third-order valence-electron chi connectivity index (χ3n) is 3.15. The minimum absolute atomic E-state index is 0.0330. The van der Waals surface area contributed by atoms with Crippen LogP contribution in [0.4, 0.5) is 10.1 Å². The lowest BCUT2D eigenvalue weighted by Gasteiger charge is -2.11. The van der Waals surface area contributed by atoms with Gasteiger partial charge in [0.05, 0.1) is 30.4 Å². The fourth-order valence-corrected chi connectivity index (χ4v) is 2.16. The van der Waals surface area contributed by atoms with Crippen LogP contribution in [0, 0.1) is 17.7 Å². The van der Waals surface area contributed by atoms with Gasteiger partial charge >= 0.3 is 0 Å². The first kappa shape index (κ1) is 15.5. The van der Waals surface area contributed by atoms with Gasteiger partial charge in [-0.2, -0.15) is 0 Å². The number of halogens is 1. The minimum Gasteiger partial charge on any atom is -0.395 e. The van der Waals surface area contributed by atoms with Gasteiger partial charge in [0.25, 0.3) is 0 Å². The van der Waals surface area contributed by atoms with Crippen molar-refractivity contribution >= 4 is 11.6 Å². The maximum atomic E-state index is 13.3. The minimum atomic E-state index is -0.416. The van der Waals surface area contributed by atoms with Gasteiger partial charge in [-0.1, -0.05) is 11.8 Å². The van der Waals surface area contributed by atoms with Crippen LogP contribution in [0.5, 0.6) is 0 Å². The van der Waals surface area contributed by atoms with Crippen molar-refractivity contribution in [1.82, 2.24) is 0 Å². The van der Waals surface area contributed by atoms with Gasteiger partial charge in [0.1, 0.15) is 5.82 Å². The standard InChI is InChI=1S/C16H18FNO3/c17-13-6-7-15(12(10-13)4-1-2-8-19)18-16(20)11-14-5-3-9-21-14/h6-7,10,14,19H,2-3,5,8-9,11H2,(H,18,20).